The first-order chi connectivity index (χ1) is 8.16. The van der Waals surface area contributed by atoms with Crippen LogP contribution >= 0.6 is 34.2 Å². The van der Waals surface area contributed by atoms with Crippen molar-refractivity contribution in [2.45, 2.75) is 6.92 Å². The summed E-state index contributed by atoms with van der Waals surface area (Å²) < 4.78 is 2.82. The summed E-state index contributed by atoms with van der Waals surface area (Å²) in [5, 5.41) is 4.79. The molecule has 2 aromatic rings. The van der Waals surface area contributed by atoms with E-state index in [-0.39, 0.29) is 0 Å². The number of imidazole rings is 1. The number of hydrogen-bond donors (Lipinski definition) is 0. The van der Waals surface area contributed by atoms with Gasteiger partial charge in [-0.2, -0.15) is 5.10 Å². The lowest BCUT2D eigenvalue weighted by molar-refractivity contribution is 0.895. The van der Waals surface area contributed by atoms with Crippen LogP contribution in [0.5, 0.6) is 0 Å². The van der Waals surface area contributed by atoms with Crippen LogP contribution < -0.4 is 4.90 Å². The van der Waals surface area contributed by atoms with Crippen LogP contribution in [-0.2, 0) is 0 Å². The standard InChI is InChI=1S/C11H10ClIN4/c1-7-10(13)17-11(14-7)8(6-9(12)15-17)16-4-2-3-5-16/h2-3,6H,4-5H2,1H3. The van der Waals surface area contributed by atoms with E-state index in [4.69, 9.17) is 11.6 Å². The fourth-order valence-corrected chi connectivity index (χ4v) is 2.60. The summed E-state index contributed by atoms with van der Waals surface area (Å²) in [5.41, 5.74) is 2.90. The minimum absolute atomic E-state index is 0.495. The molecular formula is C11H10ClIN4. The third-order valence-electron chi connectivity index (χ3n) is 2.80. The number of nitrogens with zero attached hydrogens (tertiary/aromatic N) is 4. The first-order valence-corrected chi connectivity index (χ1v) is 6.74. The fourth-order valence-electron chi connectivity index (χ4n) is 1.96. The first kappa shape index (κ1) is 11.3. The van der Waals surface area contributed by atoms with E-state index >= 15 is 0 Å². The van der Waals surface area contributed by atoms with E-state index in [0.717, 1.165) is 33.8 Å². The summed E-state index contributed by atoms with van der Waals surface area (Å²) in [7, 11) is 0. The second-order valence-corrected chi connectivity index (χ2v) is 5.36. The van der Waals surface area contributed by atoms with Crippen LogP contribution in [0.25, 0.3) is 5.65 Å². The third-order valence-corrected chi connectivity index (χ3v) is 4.22. The Kier molecular flexibility index (Phi) is 2.74. The lowest BCUT2D eigenvalue weighted by Crippen LogP contribution is -2.20. The lowest BCUT2D eigenvalue weighted by atomic mass is 10.4. The minimum Gasteiger partial charge on any atom is -0.361 e. The highest BCUT2D eigenvalue weighted by atomic mass is 127. The molecule has 0 radical (unpaired) electrons. The highest BCUT2D eigenvalue weighted by molar-refractivity contribution is 14.1. The van der Waals surface area contributed by atoms with Gasteiger partial charge in [0.2, 0.25) is 0 Å². The Morgan fingerprint density at radius 2 is 2.06 bits per heavy atom. The van der Waals surface area contributed by atoms with E-state index in [1.165, 1.54) is 0 Å². The zero-order chi connectivity index (χ0) is 12.0. The second kappa shape index (κ2) is 4.13. The smallest absolute Gasteiger partial charge is 0.178 e. The predicted molar refractivity (Wildman–Crippen MR) is 76.8 cm³/mol. The Morgan fingerprint density at radius 3 is 2.76 bits per heavy atom. The van der Waals surface area contributed by atoms with Gasteiger partial charge in [-0.15, -0.1) is 0 Å². The average Bonchev–Trinajstić information content (AvgIpc) is 2.90. The van der Waals surface area contributed by atoms with Gasteiger partial charge in [0.05, 0.1) is 11.4 Å². The summed E-state index contributed by atoms with van der Waals surface area (Å²) in [6, 6.07) is 1.88. The summed E-state index contributed by atoms with van der Waals surface area (Å²) in [6.07, 6.45) is 4.29. The molecule has 2 aromatic heterocycles. The number of anilines is 1. The van der Waals surface area contributed by atoms with Crippen LogP contribution in [0.1, 0.15) is 5.69 Å². The van der Waals surface area contributed by atoms with Gasteiger partial charge in [-0.25, -0.2) is 9.50 Å². The maximum atomic E-state index is 6.07. The molecule has 0 aliphatic carbocycles. The molecule has 3 heterocycles. The molecule has 0 N–H and O–H groups in total. The van der Waals surface area contributed by atoms with Crippen LogP contribution in [0.4, 0.5) is 5.69 Å². The van der Waals surface area contributed by atoms with Crippen molar-refractivity contribution in [3.8, 4) is 0 Å². The van der Waals surface area contributed by atoms with Crippen molar-refractivity contribution in [1.29, 1.82) is 0 Å². The molecule has 17 heavy (non-hydrogen) atoms. The average molecular weight is 361 g/mol. The normalized spacial score (nSPS) is 15.1. The molecule has 0 atom stereocenters. The van der Waals surface area contributed by atoms with E-state index < -0.39 is 0 Å². The molecule has 0 amide bonds. The zero-order valence-electron chi connectivity index (χ0n) is 9.19. The molecule has 0 unspecified atom stereocenters. The van der Waals surface area contributed by atoms with Gasteiger partial charge in [-0.05, 0) is 29.5 Å². The molecular weight excluding hydrogens is 351 g/mol. The van der Waals surface area contributed by atoms with Crippen molar-refractivity contribution in [2.24, 2.45) is 0 Å². The zero-order valence-corrected chi connectivity index (χ0v) is 12.1. The topological polar surface area (TPSA) is 33.4 Å². The summed E-state index contributed by atoms with van der Waals surface area (Å²) in [5.74, 6) is 0. The van der Waals surface area contributed by atoms with Crippen LogP contribution in [0.15, 0.2) is 18.2 Å². The molecule has 0 bridgehead atoms. The molecule has 4 nitrogen and oxygen atoms in total. The maximum absolute atomic E-state index is 6.07. The molecule has 0 saturated heterocycles. The van der Waals surface area contributed by atoms with E-state index in [1.54, 1.807) is 0 Å². The van der Waals surface area contributed by atoms with Crippen molar-refractivity contribution in [3.63, 3.8) is 0 Å². The highest BCUT2D eigenvalue weighted by Gasteiger charge is 2.17. The Bertz CT molecular complexity index is 611. The van der Waals surface area contributed by atoms with Crippen molar-refractivity contribution in [2.75, 3.05) is 18.0 Å². The van der Waals surface area contributed by atoms with Gasteiger partial charge in [-0.3, -0.25) is 0 Å². The Labute approximate surface area is 117 Å². The van der Waals surface area contributed by atoms with Gasteiger partial charge in [0, 0.05) is 19.2 Å². The van der Waals surface area contributed by atoms with Crippen molar-refractivity contribution in [3.05, 3.63) is 32.8 Å². The van der Waals surface area contributed by atoms with E-state index in [0.29, 0.717) is 5.15 Å². The Balaban J connectivity index is 2.26. The number of aryl methyl sites for hydroxylation is 1. The molecule has 0 fully saturated rings. The predicted octanol–water partition coefficient (Wildman–Crippen LogP) is 2.67. The quantitative estimate of drug-likeness (QED) is 0.579. The first-order valence-electron chi connectivity index (χ1n) is 5.28. The Hall–Kier alpha value is -0.820. The molecule has 1 aliphatic heterocycles. The number of halogens is 2. The monoisotopic (exact) mass is 360 g/mol. The third kappa shape index (κ3) is 1.81. The van der Waals surface area contributed by atoms with Gasteiger partial charge in [0.25, 0.3) is 0 Å². The summed E-state index contributed by atoms with van der Waals surface area (Å²) in [4.78, 5) is 6.79. The van der Waals surface area contributed by atoms with Crippen LogP contribution in [-0.4, -0.2) is 27.7 Å². The van der Waals surface area contributed by atoms with Gasteiger partial charge in [-0.1, -0.05) is 23.8 Å². The number of rotatable bonds is 1. The van der Waals surface area contributed by atoms with Gasteiger partial charge >= 0.3 is 0 Å². The minimum atomic E-state index is 0.495. The summed E-state index contributed by atoms with van der Waals surface area (Å²) >= 11 is 8.31. The van der Waals surface area contributed by atoms with Crippen LogP contribution in [0, 0.1) is 10.6 Å². The van der Waals surface area contributed by atoms with E-state index in [2.05, 4.69) is 49.7 Å². The van der Waals surface area contributed by atoms with Gasteiger partial charge in [0.15, 0.2) is 10.8 Å². The van der Waals surface area contributed by atoms with Crippen LogP contribution in [0.2, 0.25) is 5.15 Å². The molecule has 6 heteroatoms. The number of fused-ring (bicyclic) bond motifs is 1. The lowest BCUT2D eigenvalue weighted by Gasteiger charge is -2.18. The molecule has 88 valence electrons. The molecule has 0 spiro atoms. The largest absolute Gasteiger partial charge is 0.361 e. The van der Waals surface area contributed by atoms with Crippen molar-refractivity contribution >= 4 is 45.5 Å². The maximum Gasteiger partial charge on any atom is 0.178 e. The van der Waals surface area contributed by atoms with Gasteiger partial charge < -0.3 is 4.90 Å². The molecule has 0 saturated carbocycles. The van der Waals surface area contributed by atoms with Gasteiger partial charge in [0.1, 0.15) is 3.70 Å². The fraction of sp³-hybridized carbons (Fsp3) is 0.273. The van der Waals surface area contributed by atoms with Crippen LogP contribution in [0.3, 0.4) is 0 Å². The van der Waals surface area contributed by atoms with E-state index in [1.807, 2.05) is 17.5 Å². The number of aromatic nitrogens is 3. The molecule has 3 rings (SSSR count). The van der Waals surface area contributed by atoms with Crippen molar-refractivity contribution < 1.29 is 0 Å². The SMILES string of the molecule is Cc1nc2c(N3CC=CC3)cc(Cl)nn2c1I. The number of hydrogen-bond acceptors (Lipinski definition) is 3. The summed E-state index contributed by atoms with van der Waals surface area (Å²) in [6.45, 7) is 3.79. The Morgan fingerprint density at radius 1 is 1.35 bits per heavy atom. The second-order valence-electron chi connectivity index (χ2n) is 3.95. The molecule has 0 aromatic carbocycles. The van der Waals surface area contributed by atoms with E-state index in [9.17, 15) is 0 Å². The molecule has 1 aliphatic rings. The van der Waals surface area contributed by atoms with Crippen molar-refractivity contribution in [1.82, 2.24) is 14.6 Å². The highest BCUT2D eigenvalue weighted by Crippen LogP contribution is 2.27.